The summed E-state index contributed by atoms with van der Waals surface area (Å²) < 4.78 is 2.07. The Labute approximate surface area is 132 Å². The highest BCUT2D eigenvalue weighted by atomic mass is 16.3. The van der Waals surface area contributed by atoms with E-state index in [4.69, 9.17) is 0 Å². The quantitative estimate of drug-likeness (QED) is 0.869. The Hall–Kier alpha value is -1.71. The highest BCUT2D eigenvalue weighted by Gasteiger charge is 2.30. The Morgan fingerprint density at radius 2 is 1.86 bits per heavy atom. The normalized spacial score (nSPS) is 22.9. The summed E-state index contributed by atoms with van der Waals surface area (Å²) >= 11 is 0. The fourth-order valence-electron chi connectivity index (χ4n) is 3.60. The molecule has 0 radical (unpaired) electrons. The molecule has 1 aromatic carbocycles. The molecular formula is C18H27N3O. The van der Waals surface area contributed by atoms with Crippen LogP contribution in [-0.2, 0) is 7.05 Å². The van der Waals surface area contributed by atoms with E-state index in [1.807, 2.05) is 13.1 Å². The molecule has 120 valence electrons. The van der Waals surface area contributed by atoms with Gasteiger partial charge in [0, 0.05) is 19.2 Å². The van der Waals surface area contributed by atoms with Crippen LogP contribution in [0.1, 0.15) is 46.5 Å². The largest absolute Gasteiger partial charge is 0.508 e. The number of nitrogens with one attached hydrogen (secondary N) is 1. The molecule has 0 spiro atoms. The SMILES string of the molecule is Cn1c(NC2CCC(C(C)(C)C)CC2)nc2cc(O)ccc21. The van der Waals surface area contributed by atoms with Crippen LogP contribution in [0.5, 0.6) is 5.75 Å². The third-order valence-electron chi connectivity index (χ3n) is 5.15. The van der Waals surface area contributed by atoms with Gasteiger partial charge in [0.05, 0.1) is 11.0 Å². The molecule has 1 saturated carbocycles. The van der Waals surface area contributed by atoms with Gasteiger partial charge in [-0.3, -0.25) is 0 Å². The molecule has 1 heterocycles. The minimum Gasteiger partial charge on any atom is -0.508 e. The van der Waals surface area contributed by atoms with Gasteiger partial charge in [0.2, 0.25) is 5.95 Å². The summed E-state index contributed by atoms with van der Waals surface area (Å²) in [5.41, 5.74) is 2.30. The highest BCUT2D eigenvalue weighted by Crippen LogP contribution is 2.38. The van der Waals surface area contributed by atoms with Crippen LogP contribution in [0.3, 0.4) is 0 Å². The molecule has 3 rings (SSSR count). The van der Waals surface area contributed by atoms with Gasteiger partial charge in [-0.15, -0.1) is 0 Å². The Bertz CT molecular complexity index is 661. The predicted octanol–water partition coefficient (Wildman–Crippen LogP) is 4.30. The van der Waals surface area contributed by atoms with Gasteiger partial charge in [0.15, 0.2) is 0 Å². The first kappa shape index (κ1) is 15.2. The summed E-state index contributed by atoms with van der Waals surface area (Å²) in [6.07, 6.45) is 4.98. The topological polar surface area (TPSA) is 50.1 Å². The maximum atomic E-state index is 9.59. The van der Waals surface area contributed by atoms with Crippen LogP contribution >= 0.6 is 0 Å². The summed E-state index contributed by atoms with van der Waals surface area (Å²) in [6, 6.07) is 5.85. The monoisotopic (exact) mass is 301 g/mol. The van der Waals surface area contributed by atoms with Crippen molar-refractivity contribution in [1.82, 2.24) is 9.55 Å². The van der Waals surface area contributed by atoms with Crippen molar-refractivity contribution in [3.63, 3.8) is 0 Å². The fraction of sp³-hybridized carbons (Fsp3) is 0.611. The minimum atomic E-state index is 0.267. The molecule has 2 aromatic rings. The molecule has 22 heavy (non-hydrogen) atoms. The zero-order chi connectivity index (χ0) is 15.9. The van der Waals surface area contributed by atoms with E-state index in [-0.39, 0.29) is 5.75 Å². The van der Waals surface area contributed by atoms with E-state index in [9.17, 15) is 5.11 Å². The first-order valence-electron chi connectivity index (χ1n) is 8.26. The molecule has 0 bridgehead atoms. The Morgan fingerprint density at radius 1 is 1.18 bits per heavy atom. The lowest BCUT2D eigenvalue weighted by Gasteiger charge is -2.37. The average Bonchev–Trinajstić information content (AvgIpc) is 2.74. The van der Waals surface area contributed by atoms with Gasteiger partial charge < -0.3 is 15.0 Å². The second kappa shape index (κ2) is 5.49. The lowest BCUT2D eigenvalue weighted by Crippen LogP contribution is -2.32. The van der Waals surface area contributed by atoms with Crippen LogP contribution in [0.4, 0.5) is 5.95 Å². The molecule has 0 aliphatic heterocycles. The molecular weight excluding hydrogens is 274 g/mol. The maximum absolute atomic E-state index is 9.59. The summed E-state index contributed by atoms with van der Waals surface area (Å²) in [5.74, 6) is 1.99. The molecule has 1 aliphatic rings. The highest BCUT2D eigenvalue weighted by molar-refractivity contribution is 5.80. The zero-order valence-electron chi connectivity index (χ0n) is 14.1. The van der Waals surface area contributed by atoms with Crippen LogP contribution in [0, 0.1) is 11.3 Å². The lowest BCUT2D eigenvalue weighted by molar-refractivity contribution is 0.173. The van der Waals surface area contributed by atoms with E-state index in [1.165, 1.54) is 25.7 Å². The smallest absolute Gasteiger partial charge is 0.203 e. The second-order valence-electron chi connectivity index (χ2n) is 7.73. The van der Waals surface area contributed by atoms with Gasteiger partial charge in [-0.2, -0.15) is 0 Å². The molecule has 2 N–H and O–H groups in total. The van der Waals surface area contributed by atoms with Crippen molar-refractivity contribution in [2.24, 2.45) is 18.4 Å². The number of phenolic OH excluding ortho intramolecular Hbond substituents is 1. The third kappa shape index (κ3) is 2.92. The molecule has 0 atom stereocenters. The summed E-state index contributed by atoms with van der Waals surface area (Å²) in [6.45, 7) is 7.05. The second-order valence-corrected chi connectivity index (χ2v) is 7.73. The zero-order valence-corrected chi connectivity index (χ0v) is 14.1. The van der Waals surface area contributed by atoms with E-state index < -0.39 is 0 Å². The number of aromatic nitrogens is 2. The first-order valence-corrected chi connectivity index (χ1v) is 8.26. The van der Waals surface area contributed by atoms with Crippen molar-refractivity contribution >= 4 is 17.0 Å². The van der Waals surface area contributed by atoms with E-state index >= 15 is 0 Å². The van der Waals surface area contributed by atoms with Crippen molar-refractivity contribution in [2.45, 2.75) is 52.5 Å². The Kier molecular flexibility index (Phi) is 3.79. The van der Waals surface area contributed by atoms with E-state index in [2.05, 4.69) is 35.6 Å². The number of benzene rings is 1. The molecule has 0 saturated heterocycles. The van der Waals surface area contributed by atoms with E-state index in [0.29, 0.717) is 11.5 Å². The van der Waals surface area contributed by atoms with Gasteiger partial charge in [0.25, 0.3) is 0 Å². The van der Waals surface area contributed by atoms with Gasteiger partial charge >= 0.3 is 0 Å². The summed E-state index contributed by atoms with van der Waals surface area (Å²) in [5, 5.41) is 13.2. The van der Waals surface area contributed by atoms with Crippen molar-refractivity contribution < 1.29 is 5.11 Å². The number of nitrogens with zero attached hydrogens (tertiary/aromatic N) is 2. The van der Waals surface area contributed by atoms with Crippen LogP contribution < -0.4 is 5.32 Å². The molecule has 1 fully saturated rings. The number of aryl methyl sites for hydroxylation is 1. The molecule has 4 nitrogen and oxygen atoms in total. The number of imidazole rings is 1. The average molecular weight is 301 g/mol. The number of phenols is 1. The standard InChI is InChI=1S/C18H27N3O/c1-18(2,3)12-5-7-13(8-6-12)19-17-20-15-11-14(22)9-10-16(15)21(17)4/h9-13,22H,5-8H2,1-4H3,(H,19,20). The molecule has 4 heteroatoms. The summed E-state index contributed by atoms with van der Waals surface area (Å²) in [4.78, 5) is 4.63. The van der Waals surface area contributed by atoms with Crippen molar-refractivity contribution in [2.75, 3.05) is 5.32 Å². The van der Waals surface area contributed by atoms with Crippen LogP contribution in [0.25, 0.3) is 11.0 Å². The molecule has 1 aromatic heterocycles. The van der Waals surface area contributed by atoms with Crippen LogP contribution in [0.2, 0.25) is 0 Å². The van der Waals surface area contributed by atoms with Crippen molar-refractivity contribution in [3.05, 3.63) is 18.2 Å². The van der Waals surface area contributed by atoms with Gasteiger partial charge in [-0.1, -0.05) is 20.8 Å². The lowest BCUT2D eigenvalue weighted by atomic mass is 9.71. The molecule has 1 aliphatic carbocycles. The Balaban J connectivity index is 1.71. The van der Waals surface area contributed by atoms with Gasteiger partial charge in [-0.25, -0.2) is 4.98 Å². The first-order chi connectivity index (χ1) is 10.3. The number of aromatic hydroxyl groups is 1. The van der Waals surface area contributed by atoms with Gasteiger partial charge in [-0.05, 0) is 49.1 Å². The van der Waals surface area contributed by atoms with Crippen molar-refractivity contribution in [1.29, 1.82) is 0 Å². The van der Waals surface area contributed by atoms with Gasteiger partial charge in [0.1, 0.15) is 5.75 Å². The summed E-state index contributed by atoms with van der Waals surface area (Å²) in [7, 11) is 2.02. The van der Waals surface area contributed by atoms with Crippen molar-refractivity contribution in [3.8, 4) is 5.75 Å². The van der Waals surface area contributed by atoms with E-state index in [1.54, 1.807) is 12.1 Å². The fourth-order valence-corrected chi connectivity index (χ4v) is 3.60. The van der Waals surface area contributed by atoms with E-state index in [0.717, 1.165) is 22.9 Å². The minimum absolute atomic E-state index is 0.267. The van der Waals surface area contributed by atoms with Crippen LogP contribution in [-0.4, -0.2) is 20.7 Å². The molecule has 0 unspecified atom stereocenters. The maximum Gasteiger partial charge on any atom is 0.203 e. The number of hydrogen-bond donors (Lipinski definition) is 2. The molecule has 0 amide bonds. The number of fused-ring (bicyclic) bond motifs is 1. The number of anilines is 1. The number of hydrogen-bond acceptors (Lipinski definition) is 3. The van der Waals surface area contributed by atoms with Crippen LogP contribution in [0.15, 0.2) is 18.2 Å². The Morgan fingerprint density at radius 3 is 2.50 bits per heavy atom. The number of rotatable bonds is 2. The predicted molar refractivity (Wildman–Crippen MR) is 91.2 cm³/mol. The third-order valence-corrected chi connectivity index (χ3v) is 5.15.